The monoisotopic (exact) mass is 437 g/mol. The molecule has 2 amide bonds. The van der Waals surface area contributed by atoms with Crippen LogP contribution in [0, 0.1) is 6.92 Å². The molecule has 0 bridgehead atoms. The highest BCUT2D eigenvalue weighted by molar-refractivity contribution is 5.91. The van der Waals surface area contributed by atoms with Crippen LogP contribution in [0.2, 0.25) is 0 Å². The number of carbonyl (C=O) groups excluding carboxylic acids is 2. The number of ether oxygens (including phenoxy) is 1. The van der Waals surface area contributed by atoms with E-state index >= 15 is 0 Å². The van der Waals surface area contributed by atoms with E-state index in [0.29, 0.717) is 38.4 Å². The maximum Gasteiger partial charge on any atom is 0.287 e. The number of carbonyl (C=O) groups is 2. The minimum absolute atomic E-state index is 0.198. The van der Waals surface area contributed by atoms with Crippen LogP contribution in [-0.2, 0) is 35.6 Å². The molecule has 2 aliphatic rings. The van der Waals surface area contributed by atoms with Gasteiger partial charge in [0, 0.05) is 45.1 Å². The van der Waals surface area contributed by atoms with Gasteiger partial charge in [-0.05, 0) is 67.9 Å². The quantitative estimate of drug-likeness (QED) is 0.666. The molecule has 2 aromatic rings. The van der Waals surface area contributed by atoms with Gasteiger partial charge in [0.15, 0.2) is 5.76 Å². The van der Waals surface area contributed by atoms with Gasteiger partial charge in [-0.3, -0.25) is 14.6 Å². The van der Waals surface area contributed by atoms with Gasteiger partial charge in [-0.2, -0.15) is 0 Å². The molecule has 7 nitrogen and oxygen atoms in total. The van der Waals surface area contributed by atoms with Gasteiger partial charge >= 0.3 is 0 Å². The molecule has 7 heteroatoms. The van der Waals surface area contributed by atoms with Crippen molar-refractivity contribution in [2.45, 2.75) is 65.1 Å². The predicted molar refractivity (Wildman–Crippen MR) is 120 cm³/mol. The number of nitrogens with zero attached hydrogens (tertiary/aromatic N) is 2. The molecule has 1 aliphatic carbocycles. The second kappa shape index (κ2) is 10.1. The average Bonchev–Trinajstić information content (AvgIpc) is 3.27. The van der Waals surface area contributed by atoms with Gasteiger partial charge in [0.25, 0.3) is 5.91 Å². The van der Waals surface area contributed by atoms with E-state index < -0.39 is 0 Å². The number of hydrogen-bond acceptors (Lipinski definition) is 5. The van der Waals surface area contributed by atoms with Gasteiger partial charge < -0.3 is 19.4 Å². The summed E-state index contributed by atoms with van der Waals surface area (Å²) >= 11 is 0. The van der Waals surface area contributed by atoms with Crippen molar-refractivity contribution in [2.75, 3.05) is 13.7 Å². The summed E-state index contributed by atoms with van der Waals surface area (Å²) in [5.74, 6) is 0.809. The largest absolute Gasteiger partial charge is 0.453 e. The van der Waals surface area contributed by atoms with E-state index in [9.17, 15) is 9.59 Å². The molecular weight excluding hydrogens is 406 g/mol. The molecule has 0 unspecified atom stereocenters. The lowest BCUT2D eigenvalue weighted by Crippen LogP contribution is -2.37. The highest BCUT2D eigenvalue weighted by Crippen LogP contribution is 2.26. The van der Waals surface area contributed by atoms with Crippen LogP contribution in [0.25, 0.3) is 0 Å². The Labute approximate surface area is 188 Å². The van der Waals surface area contributed by atoms with Crippen molar-refractivity contribution in [1.82, 2.24) is 15.2 Å². The zero-order chi connectivity index (χ0) is 22.5. The number of aromatic nitrogens is 1. The lowest BCUT2D eigenvalue weighted by molar-refractivity contribution is -0.131. The summed E-state index contributed by atoms with van der Waals surface area (Å²) in [6.45, 7) is 3.94. The predicted octanol–water partition coefficient (Wildman–Crippen LogP) is 3.83. The molecule has 32 heavy (non-hydrogen) atoms. The van der Waals surface area contributed by atoms with Crippen LogP contribution in [0.15, 0.2) is 34.4 Å². The SMILES string of the molecule is COCc1ccc(C(=O)NCc2c(C)ncc3c2CCN(C(=O)CC2=CCCCC2)C3)o1. The van der Waals surface area contributed by atoms with E-state index in [1.54, 1.807) is 19.2 Å². The zero-order valence-electron chi connectivity index (χ0n) is 18.9. The maximum atomic E-state index is 12.8. The topological polar surface area (TPSA) is 84.7 Å². The van der Waals surface area contributed by atoms with Crippen LogP contribution in [0.3, 0.4) is 0 Å². The van der Waals surface area contributed by atoms with Crippen molar-refractivity contribution in [3.8, 4) is 0 Å². The van der Waals surface area contributed by atoms with Crippen LogP contribution in [0.5, 0.6) is 0 Å². The molecule has 1 N–H and O–H groups in total. The number of pyridine rings is 1. The van der Waals surface area contributed by atoms with Crippen molar-refractivity contribution >= 4 is 11.8 Å². The van der Waals surface area contributed by atoms with Crippen LogP contribution < -0.4 is 5.32 Å². The molecule has 0 atom stereocenters. The number of furan rings is 1. The molecule has 2 aromatic heterocycles. The van der Waals surface area contributed by atoms with E-state index in [-0.39, 0.29) is 17.6 Å². The van der Waals surface area contributed by atoms with Gasteiger partial charge in [-0.25, -0.2) is 0 Å². The molecular formula is C25H31N3O4. The number of amides is 2. The molecule has 0 saturated heterocycles. The van der Waals surface area contributed by atoms with Gasteiger partial charge in [-0.15, -0.1) is 0 Å². The minimum atomic E-state index is -0.266. The lowest BCUT2D eigenvalue weighted by atomic mass is 9.93. The average molecular weight is 438 g/mol. The number of allylic oxidation sites excluding steroid dienone is 1. The Morgan fingerprint density at radius 2 is 2.12 bits per heavy atom. The highest BCUT2D eigenvalue weighted by atomic mass is 16.5. The molecule has 4 rings (SSSR count). The van der Waals surface area contributed by atoms with Crippen LogP contribution in [-0.4, -0.2) is 35.4 Å². The third kappa shape index (κ3) is 5.10. The summed E-state index contributed by atoms with van der Waals surface area (Å²) in [6, 6.07) is 3.39. The summed E-state index contributed by atoms with van der Waals surface area (Å²) in [4.78, 5) is 31.8. The molecule has 0 radical (unpaired) electrons. The van der Waals surface area contributed by atoms with Crippen molar-refractivity contribution in [2.24, 2.45) is 0 Å². The smallest absolute Gasteiger partial charge is 0.287 e. The lowest BCUT2D eigenvalue weighted by Gasteiger charge is -2.31. The van der Waals surface area contributed by atoms with Crippen LogP contribution in [0.1, 0.15) is 70.8 Å². The number of rotatable bonds is 7. The van der Waals surface area contributed by atoms with E-state index in [0.717, 1.165) is 36.1 Å². The van der Waals surface area contributed by atoms with E-state index in [2.05, 4.69) is 16.4 Å². The van der Waals surface area contributed by atoms with Crippen LogP contribution in [0.4, 0.5) is 0 Å². The fourth-order valence-corrected chi connectivity index (χ4v) is 4.52. The Hall–Kier alpha value is -2.93. The van der Waals surface area contributed by atoms with Gasteiger partial charge in [0.05, 0.1) is 0 Å². The summed E-state index contributed by atoms with van der Waals surface area (Å²) in [6.07, 6.45) is 9.97. The first-order valence-electron chi connectivity index (χ1n) is 11.3. The zero-order valence-corrected chi connectivity index (χ0v) is 18.9. The van der Waals surface area contributed by atoms with E-state index in [1.807, 2.05) is 18.0 Å². The second-order valence-electron chi connectivity index (χ2n) is 8.56. The standard InChI is InChI=1S/C25H31N3O4/c1-17-22(14-27-25(30)23-9-8-20(32-23)16-31-2)21-10-11-28(15-19(21)13-26-17)24(29)12-18-6-4-3-5-7-18/h6,8-9,13H,3-5,7,10-12,14-16H2,1-2H3,(H,27,30). The van der Waals surface area contributed by atoms with Crippen molar-refractivity contribution in [3.63, 3.8) is 0 Å². The highest BCUT2D eigenvalue weighted by Gasteiger charge is 2.25. The molecule has 0 aromatic carbocycles. The molecule has 0 fully saturated rings. The van der Waals surface area contributed by atoms with E-state index in [4.69, 9.17) is 9.15 Å². The summed E-state index contributed by atoms with van der Waals surface area (Å²) in [7, 11) is 1.58. The fourth-order valence-electron chi connectivity index (χ4n) is 4.52. The number of methoxy groups -OCH3 is 1. The normalized spacial score (nSPS) is 15.8. The summed E-state index contributed by atoms with van der Waals surface area (Å²) in [5, 5.41) is 2.95. The van der Waals surface area contributed by atoms with Crippen molar-refractivity contribution < 1.29 is 18.7 Å². The third-order valence-electron chi connectivity index (χ3n) is 6.31. The molecule has 1 aliphatic heterocycles. The number of fused-ring (bicyclic) bond motifs is 1. The molecule has 170 valence electrons. The van der Waals surface area contributed by atoms with Gasteiger partial charge in [0.1, 0.15) is 12.4 Å². The number of nitrogens with one attached hydrogen (secondary N) is 1. The van der Waals surface area contributed by atoms with E-state index in [1.165, 1.54) is 24.0 Å². The first-order chi connectivity index (χ1) is 15.5. The van der Waals surface area contributed by atoms with Crippen molar-refractivity contribution in [3.05, 3.63) is 63.9 Å². The molecule has 3 heterocycles. The number of hydrogen-bond donors (Lipinski definition) is 1. The minimum Gasteiger partial charge on any atom is -0.453 e. The number of aryl methyl sites for hydroxylation is 1. The van der Waals surface area contributed by atoms with Crippen LogP contribution >= 0.6 is 0 Å². The molecule has 0 saturated carbocycles. The van der Waals surface area contributed by atoms with Crippen molar-refractivity contribution in [1.29, 1.82) is 0 Å². The third-order valence-corrected chi connectivity index (χ3v) is 6.31. The Balaban J connectivity index is 1.41. The summed E-state index contributed by atoms with van der Waals surface area (Å²) in [5.41, 5.74) is 5.47. The Kier molecular flexibility index (Phi) is 7.05. The first kappa shape index (κ1) is 22.3. The Morgan fingerprint density at radius 1 is 1.25 bits per heavy atom. The first-order valence-corrected chi connectivity index (χ1v) is 11.3. The fraction of sp³-hybridized carbons (Fsp3) is 0.480. The molecule has 0 spiro atoms. The Bertz CT molecular complexity index is 1020. The van der Waals surface area contributed by atoms with Gasteiger partial charge in [0.2, 0.25) is 5.91 Å². The Morgan fingerprint density at radius 3 is 2.91 bits per heavy atom. The maximum absolute atomic E-state index is 12.8. The van der Waals surface area contributed by atoms with Gasteiger partial charge in [-0.1, -0.05) is 11.6 Å². The second-order valence-corrected chi connectivity index (χ2v) is 8.56. The summed E-state index contributed by atoms with van der Waals surface area (Å²) < 4.78 is 10.5.